The molecule has 1 aliphatic carbocycles. The molecule has 1 fully saturated rings. The molecule has 1 aromatic carbocycles. The lowest BCUT2D eigenvalue weighted by molar-refractivity contribution is 0.0171. The van der Waals surface area contributed by atoms with Crippen LogP contribution in [0.1, 0.15) is 41.5 Å². The number of aromatic nitrogens is 1. The van der Waals surface area contributed by atoms with Crippen molar-refractivity contribution in [1.29, 1.82) is 0 Å². The summed E-state index contributed by atoms with van der Waals surface area (Å²) in [5.74, 6) is -3.16. The van der Waals surface area contributed by atoms with E-state index in [0.717, 1.165) is 31.4 Å². The Morgan fingerprint density at radius 2 is 2.00 bits per heavy atom. The monoisotopic (exact) mass is 429 g/mol. The molecule has 1 saturated carbocycles. The molecule has 6 N–H and O–H groups in total. The van der Waals surface area contributed by atoms with Crippen LogP contribution in [0.15, 0.2) is 28.9 Å². The van der Waals surface area contributed by atoms with Crippen molar-refractivity contribution in [2.45, 2.75) is 37.5 Å². The zero-order valence-corrected chi connectivity index (χ0v) is 15.7. The molecule has 1 aliphatic rings. The first kappa shape index (κ1) is 21.6. The normalized spacial score (nSPS) is 21.0. The molecule has 1 aromatic heterocycles. The molecule has 4 atom stereocenters. The number of hydrogen-bond acceptors (Lipinski definition) is 5. The zero-order valence-electron chi connectivity index (χ0n) is 15.7. The summed E-state index contributed by atoms with van der Waals surface area (Å²) in [7, 11) is 0. The Bertz CT molecular complexity index is 967. The molecule has 3 rings (SSSR count). The van der Waals surface area contributed by atoms with Gasteiger partial charge >= 0.3 is 6.03 Å². The number of carbonyl (C=O) groups is 2. The quantitative estimate of drug-likeness (QED) is 0.502. The highest BCUT2D eigenvalue weighted by Gasteiger charge is 2.59. The molecular weight excluding hydrogens is 410 g/mol. The van der Waals surface area contributed by atoms with Crippen LogP contribution in [-0.2, 0) is 5.54 Å². The van der Waals surface area contributed by atoms with Gasteiger partial charge in [0.15, 0.2) is 11.9 Å². The third-order valence-electron chi connectivity index (χ3n) is 4.86. The number of urea groups is 1. The van der Waals surface area contributed by atoms with E-state index < -0.39 is 53.4 Å². The van der Waals surface area contributed by atoms with Crippen molar-refractivity contribution in [3.05, 3.63) is 47.4 Å². The van der Waals surface area contributed by atoms with Crippen LogP contribution in [0.3, 0.4) is 0 Å². The summed E-state index contributed by atoms with van der Waals surface area (Å²) >= 11 is 0. The molecule has 8 nitrogen and oxygen atoms in total. The molecule has 0 spiro atoms. The minimum absolute atomic E-state index is 0.0697. The SMILES string of the molecule is C[C@H](F)c1nc(C(=O)Nc2ccc(F)c([C@](NC(N)=O)(C(F)F)[C@H]3C[C@H]3N)c2)co1. The summed E-state index contributed by atoms with van der Waals surface area (Å²) in [5, 5.41) is 4.30. The van der Waals surface area contributed by atoms with Crippen LogP contribution in [0.25, 0.3) is 0 Å². The fourth-order valence-electron chi connectivity index (χ4n) is 3.33. The highest BCUT2D eigenvalue weighted by molar-refractivity contribution is 6.02. The maximum atomic E-state index is 14.6. The van der Waals surface area contributed by atoms with Crippen molar-refractivity contribution in [2.75, 3.05) is 5.32 Å². The lowest BCUT2D eigenvalue weighted by Gasteiger charge is -2.35. The van der Waals surface area contributed by atoms with E-state index in [1.165, 1.54) is 0 Å². The van der Waals surface area contributed by atoms with Gasteiger partial charge in [0.2, 0.25) is 5.89 Å². The first-order valence-corrected chi connectivity index (χ1v) is 8.88. The number of benzene rings is 1. The van der Waals surface area contributed by atoms with Gasteiger partial charge in [0.25, 0.3) is 12.3 Å². The van der Waals surface area contributed by atoms with E-state index in [1.54, 1.807) is 0 Å². The summed E-state index contributed by atoms with van der Waals surface area (Å²) in [4.78, 5) is 27.4. The van der Waals surface area contributed by atoms with Crippen molar-refractivity contribution >= 4 is 17.6 Å². The van der Waals surface area contributed by atoms with E-state index in [9.17, 15) is 27.2 Å². The maximum absolute atomic E-state index is 14.6. The number of carbonyl (C=O) groups excluding carboxylic acids is 2. The van der Waals surface area contributed by atoms with Crippen LogP contribution in [0.4, 0.5) is 28.0 Å². The summed E-state index contributed by atoms with van der Waals surface area (Å²) in [6, 6.07) is 0.969. The number of oxazole rings is 1. The Morgan fingerprint density at radius 3 is 2.50 bits per heavy atom. The Balaban J connectivity index is 1.96. The number of nitrogens with two attached hydrogens (primary N) is 2. The largest absolute Gasteiger partial charge is 0.445 e. The molecule has 1 heterocycles. The predicted octanol–water partition coefficient (Wildman–Crippen LogP) is 2.57. The minimum Gasteiger partial charge on any atom is -0.445 e. The molecule has 0 radical (unpaired) electrons. The van der Waals surface area contributed by atoms with Crippen molar-refractivity contribution in [3.8, 4) is 0 Å². The molecule has 30 heavy (non-hydrogen) atoms. The van der Waals surface area contributed by atoms with Crippen molar-refractivity contribution in [1.82, 2.24) is 10.3 Å². The molecule has 162 valence electrons. The first-order chi connectivity index (χ1) is 14.1. The Kier molecular flexibility index (Phi) is 5.70. The van der Waals surface area contributed by atoms with E-state index in [2.05, 4.69) is 10.3 Å². The van der Waals surface area contributed by atoms with Crippen molar-refractivity contribution in [3.63, 3.8) is 0 Å². The van der Waals surface area contributed by atoms with Gasteiger partial charge in [0.05, 0.1) is 0 Å². The number of halogens is 4. The van der Waals surface area contributed by atoms with Gasteiger partial charge in [0.1, 0.15) is 17.6 Å². The molecule has 0 saturated heterocycles. The Hall–Kier alpha value is -3.15. The van der Waals surface area contributed by atoms with Crippen LogP contribution < -0.4 is 22.1 Å². The van der Waals surface area contributed by atoms with Gasteiger partial charge in [-0.2, -0.15) is 0 Å². The van der Waals surface area contributed by atoms with Crippen LogP contribution in [0.5, 0.6) is 0 Å². The number of nitrogens with one attached hydrogen (secondary N) is 2. The fraction of sp³-hybridized carbons (Fsp3) is 0.389. The first-order valence-electron chi connectivity index (χ1n) is 8.88. The third kappa shape index (κ3) is 3.95. The minimum atomic E-state index is -3.24. The number of alkyl halides is 3. The number of nitrogens with zero attached hydrogens (tertiary/aromatic N) is 1. The predicted molar refractivity (Wildman–Crippen MR) is 96.9 cm³/mol. The molecular formula is C18H19F4N5O3. The molecule has 3 amide bonds. The number of amides is 3. The highest BCUT2D eigenvalue weighted by Crippen LogP contribution is 2.49. The summed E-state index contributed by atoms with van der Waals surface area (Å²) in [6.07, 6.45) is -3.75. The standard InChI is InChI=1S/C18H19F4N5O3/c1-7(19)15-26-13(6-30-15)14(28)25-8-2-3-11(20)9(4-8)18(16(21)22,27-17(24)29)10-5-12(10)23/h2-4,6-7,10,12,16H,5,23H2,1H3,(H,25,28)(H3,24,27,29)/t7-,10-,12+,18+/m0/s1. The number of rotatable bonds is 7. The van der Waals surface area contributed by atoms with Gasteiger partial charge in [-0.05, 0) is 31.5 Å². The lowest BCUT2D eigenvalue weighted by Crippen LogP contribution is -2.56. The smallest absolute Gasteiger partial charge is 0.313 e. The second kappa shape index (κ2) is 7.94. The van der Waals surface area contributed by atoms with E-state index in [0.29, 0.717) is 0 Å². The fourth-order valence-corrected chi connectivity index (χ4v) is 3.33. The summed E-state index contributed by atoms with van der Waals surface area (Å²) < 4.78 is 60.9. The third-order valence-corrected chi connectivity index (χ3v) is 4.86. The van der Waals surface area contributed by atoms with Gasteiger partial charge in [0, 0.05) is 23.2 Å². The zero-order chi connectivity index (χ0) is 22.2. The number of primary amides is 1. The van der Waals surface area contributed by atoms with Gasteiger partial charge in [-0.15, -0.1) is 0 Å². The van der Waals surface area contributed by atoms with Crippen LogP contribution >= 0.6 is 0 Å². The van der Waals surface area contributed by atoms with Crippen LogP contribution in [0, 0.1) is 11.7 Å². The van der Waals surface area contributed by atoms with Gasteiger partial charge in [-0.3, -0.25) is 4.79 Å². The van der Waals surface area contributed by atoms with Crippen molar-refractivity contribution < 1.29 is 31.6 Å². The van der Waals surface area contributed by atoms with E-state index in [1.807, 2.05) is 5.32 Å². The van der Waals surface area contributed by atoms with Crippen molar-refractivity contribution in [2.24, 2.45) is 17.4 Å². The van der Waals surface area contributed by atoms with Gasteiger partial charge < -0.3 is 26.5 Å². The molecule has 2 aromatic rings. The molecule has 12 heteroatoms. The molecule has 0 aliphatic heterocycles. The molecule has 0 unspecified atom stereocenters. The second-order valence-corrected chi connectivity index (χ2v) is 7.00. The Morgan fingerprint density at radius 1 is 1.33 bits per heavy atom. The number of hydrogen-bond donors (Lipinski definition) is 4. The van der Waals surface area contributed by atoms with E-state index in [4.69, 9.17) is 15.9 Å². The van der Waals surface area contributed by atoms with Crippen LogP contribution in [-0.4, -0.2) is 29.4 Å². The topological polar surface area (TPSA) is 136 Å². The molecule has 0 bridgehead atoms. The average Bonchev–Trinajstić information content (AvgIpc) is 3.18. The Labute approximate surface area is 168 Å². The van der Waals surface area contributed by atoms with E-state index in [-0.39, 0.29) is 23.7 Å². The van der Waals surface area contributed by atoms with Crippen LogP contribution in [0.2, 0.25) is 0 Å². The lowest BCUT2D eigenvalue weighted by atomic mass is 9.84. The average molecular weight is 429 g/mol. The highest BCUT2D eigenvalue weighted by atomic mass is 19.3. The van der Waals surface area contributed by atoms with Gasteiger partial charge in [-0.1, -0.05) is 0 Å². The van der Waals surface area contributed by atoms with Gasteiger partial charge in [-0.25, -0.2) is 27.3 Å². The summed E-state index contributed by atoms with van der Waals surface area (Å²) in [5.41, 5.74) is 7.40. The second-order valence-electron chi connectivity index (χ2n) is 7.00. The maximum Gasteiger partial charge on any atom is 0.313 e. The number of anilines is 1. The summed E-state index contributed by atoms with van der Waals surface area (Å²) in [6.45, 7) is 1.16. The van der Waals surface area contributed by atoms with E-state index >= 15 is 0 Å².